The van der Waals surface area contributed by atoms with Crippen molar-refractivity contribution in [2.75, 3.05) is 37.2 Å². The summed E-state index contributed by atoms with van der Waals surface area (Å²) >= 11 is 5.91. The van der Waals surface area contributed by atoms with Crippen LogP contribution in [0.5, 0.6) is 0 Å². The number of ether oxygens (including phenoxy) is 1. The number of anilines is 1. The molecule has 1 fully saturated rings. The standard InChI is InChI=1S/C26H27ClFN3O4S/c27-24-16-22(9-10-25(24)28)31(36(33,34)23-7-2-1-3-8-23)19-26(32)29-17-20-5-4-6-21(15-20)18-30-11-13-35-14-12-30/h1-10,15-16H,11-14,17-19H2,(H,29,32). The van der Waals surface area contributed by atoms with Gasteiger partial charge in [0.2, 0.25) is 5.91 Å². The third-order valence-corrected chi connectivity index (χ3v) is 7.88. The molecule has 1 heterocycles. The molecule has 7 nitrogen and oxygen atoms in total. The van der Waals surface area contributed by atoms with E-state index in [-0.39, 0.29) is 22.2 Å². The third kappa shape index (κ3) is 6.61. The molecule has 0 unspecified atom stereocenters. The lowest BCUT2D eigenvalue weighted by atomic mass is 10.1. The minimum atomic E-state index is -4.11. The van der Waals surface area contributed by atoms with Gasteiger partial charge >= 0.3 is 0 Å². The van der Waals surface area contributed by atoms with Gasteiger partial charge in [-0.1, -0.05) is 54.1 Å². The Morgan fingerprint density at radius 1 is 1.00 bits per heavy atom. The van der Waals surface area contributed by atoms with Crippen LogP contribution in [0.1, 0.15) is 11.1 Å². The first kappa shape index (κ1) is 26.1. The lowest BCUT2D eigenvalue weighted by Gasteiger charge is -2.26. The molecule has 0 spiro atoms. The summed E-state index contributed by atoms with van der Waals surface area (Å²) in [4.78, 5) is 15.2. The Hall–Kier alpha value is -2.98. The average Bonchev–Trinajstić information content (AvgIpc) is 2.89. The number of halogens is 2. The highest BCUT2D eigenvalue weighted by atomic mass is 35.5. The molecule has 0 radical (unpaired) electrons. The molecular weight excluding hydrogens is 505 g/mol. The molecule has 10 heteroatoms. The van der Waals surface area contributed by atoms with Crippen LogP contribution in [0.2, 0.25) is 5.02 Å². The fraction of sp³-hybridized carbons (Fsp3) is 0.269. The van der Waals surface area contributed by atoms with Crippen LogP contribution in [0.3, 0.4) is 0 Å². The fourth-order valence-corrected chi connectivity index (χ4v) is 5.53. The zero-order chi connectivity index (χ0) is 25.5. The Labute approximate surface area is 215 Å². The van der Waals surface area contributed by atoms with E-state index in [1.165, 1.54) is 24.3 Å². The van der Waals surface area contributed by atoms with E-state index in [1.54, 1.807) is 18.2 Å². The lowest BCUT2D eigenvalue weighted by molar-refractivity contribution is -0.119. The number of carbonyl (C=O) groups excluding carboxylic acids is 1. The highest BCUT2D eigenvalue weighted by molar-refractivity contribution is 7.92. The second-order valence-corrected chi connectivity index (χ2v) is 10.7. The molecule has 1 aliphatic rings. The van der Waals surface area contributed by atoms with Gasteiger partial charge in [0.25, 0.3) is 10.0 Å². The van der Waals surface area contributed by atoms with E-state index in [4.69, 9.17) is 16.3 Å². The summed E-state index contributed by atoms with van der Waals surface area (Å²) in [6.07, 6.45) is 0. The van der Waals surface area contributed by atoms with Gasteiger partial charge in [-0.15, -0.1) is 0 Å². The van der Waals surface area contributed by atoms with E-state index in [0.29, 0.717) is 0 Å². The minimum absolute atomic E-state index is 0.00839. The van der Waals surface area contributed by atoms with Crippen molar-refractivity contribution in [2.24, 2.45) is 0 Å². The Kier molecular flexibility index (Phi) is 8.58. The van der Waals surface area contributed by atoms with Crippen LogP contribution < -0.4 is 9.62 Å². The molecule has 0 atom stereocenters. The number of nitrogens with one attached hydrogen (secondary N) is 1. The molecule has 1 aliphatic heterocycles. The second kappa shape index (κ2) is 11.8. The number of hydrogen-bond acceptors (Lipinski definition) is 5. The monoisotopic (exact) mass is 531 g/mol. The Morgan fingerprint density at radius 2 is 1.72 bits per heavy atom. The topological polar surface area (TPSA) is 79.0 Å². The predicted molar refractivity (Wildman–Crippen MR) is 137 cm³/mol. The van der Waals surface area contributed by atoms with Gasteiger partial charge in [-0.05, 0) is 41.5 Å². The van der Waals surface area contributed by atoms with E-state index < -0.39 is 28.3 Å². The Bertz CT molecular complexity index is 1300. The summed E-state index contributed by atoms with van der Waals surface area (Å²) in [5.41, 5.74) is 2.11. The molecule has 190 valence electrons. The van der Waals surface area contributed by atoms with E-state index >= 15 is 0 Å². The van der Waals surface area contributed by atoms with Gasteiger partial charge < -0.3 is 10.1 Å². The number of benzene rings is 3. The van der Waals surface area contributed by atoms with Crippen molar-refractivity contribution >= 4 is 33.2 Å². The van der Waals surface area contributed by atoms with Crippen LogP contribution in [0.15, 0.2) is 77.7 Å². The molecule has 0 aromatic heterocycles. The third-order valence-electron chi connectivity index (χ3n) is 5.80. The first-order valence-electron chi connectivity index (χ1n) is 11.5. The quantitative estimate of drug-likeness (QED) is 0.454. The predicted octanol–water partition coefficient (Wildman–Crippen LogP) is 3.82. The molecule has 0 bridgehead atoms. The average molecular weight is 532 g/mol. The van der Waals surface area contributed by atoms with Crippen molar-refractivity contribution in [3.8, 4) is 0 Å². The number of nitrogens with zero attached hydrogens (tertiary/aromatic N) is 2. The summed E-state index contributed by atoms with van der Waals surface area (Å²) in [6, 6.07) is 19.2. The Morgan fingerprint density at radius 3 is 2.44 bits per heavy atom. The number of sulfonamides is 1. The molecule has 3 aromatic carbocycles. The zero-order valence-corrected chi connectivity index (χ0v) is 21.1. The van der Waals surface area contributed by atoms with Crippen LogP contribution in [-0.2, 0) is 32.6 Å². The largest absolute Gasteiger partial charge is 0.379 e. The molecule has 0 saturated carbocycles. The van der Waals surface area contributed by atoms with E-state index in [2.05, 4.69) is 10.2 Å². The summed E-state index contributed by atoms with van der Waals surface area (Å²) < 4.78 is 46.8. The normalized spacial score (nSPS) is 14.4. The molecule has 1 N–H and O–H groups in total. The van der Waals surface area contributed by atoms with Gasteiger partial charge in [0.15, 0.2) is 0 Å². The number of morpholine rings is 1. The van der Waals surface area contributed by atoms with E-state index in [1.807, 2.05) is 24.3 Å². The van der Waals surface area contributed by atoms with Crippen LogP contribution in [0.25, 0.3) is 0 Å². The van der Waals surface area contributed by atoms with Gasteiger partial charge in [0.05, 0.1) is 28.8 Å². The maximum Gasteiger partial charge on any atom is 0.264 e. The van der Waals surface area contributed by atoms with Gasteiger partial charge in [-0.2, -0.15) is 0 Å². The van der Waals surface area contributed by atoms with Gasteiger partial charge in [-0.25, -0.2) is 12.8 Å². The number of amides is 1. The van der Waals surface area contributed by atoms with Gasteiger partial charge in [0, 0.05) is 26.2 Å². The maximum absolute atomic E-state index is 13.7. The second-order valence-electron chi connectivity index (χ2n) is 8.41. The number of hydrogen-bond donors (Lipinski definition) is 1. The molecule has 36 heavy (non-hydrogen) atoms. The first-order valence-corrected chi connectivity index (χ1v) is 13.3. The van der Waals surface area contributed by atoms with Crippen LogP contribution in [0, 0.1) is 5.82 Å². The molecule has 0 aliphatic carbocycles. The SMILES string of the molecule is O=C(CN(c1ccc(F)c(Cl)c1)S(=O)(=O)c1ccccc1)NCc1cccc(CN2CCOCC2)c1. The molecule has 3 aromatic rings. The zero-order valence-electron chi connectivity index (χ0n) is 19.6. The number of carbonyl (C=O) groups is 1. The van der Waals surface area contributed by atoms with Gasteiger partial charge in [0.1, 0.15) is 12.4 Å². The van der Waals surface area contributed by atoms with Crippen molar-refractivity contribution in [3.63, 3.8) is 0 Å². The first-order chi connectivity index (χ1) is 17.3. The van der Waals surface area contributed by atoms with Crippen LogP contribution >= 0.6 is 11.6 Å². The summed E-state index contributed by atoms with van der Waals surface area (Å²) in [5.74, 6) is -1.19. The smallest absolute Gasteiger partial charge is 0.264 e. The molecule has 1 amide bonds. The summed E-state index contributed by atoms with van der Waals surface area (Å²) in [5, 5.41) is 2.56. The summed E-state index contributed by atoms with van der Waals surface area (Å²) in [6.45, 7) is 3.72. The highest BCUT2D eigenvalue weighted by Gasteiger charge is 2.27. The van der Waals surface area contributed by atoms with Crippen molar-refractivity contribution in [1.82, 2.24) is 10.2 Å². The van der Waals surface area contributed by atoms with Crippen LogP contribution in [-0.4, -0.2) is 52.1 Å². The van der Waals surface area contributed by atoms with Crippen LogP contribution in [0.4, 0.5) is 10.1 Å². The lowest BCUT2D eigenvalue weighted by Crippen LogP contribution is -2.40. The fourth-order valence-electron chi connectivity index (χ4n) is 3.92. The molecular formula is C26H27ClFN3O4S. The summed E-state index contributed by atoms with van der Waals surface area (Å²) in [7, 11) is -4.11. The maximum atomic E-state index is 13.7. The molecule has 4 rings (SSSR count). The van der Waals surface area contributed by atoms with E-state index in [0.717, 1.165) is 54.3 Å². The molecule has 1 saturated heterocycles. The van der Waals surface area contributed by atoms with E-state index in [9.17, 15) is 17.6 Å². The minimum Gasteiger partial charge on any atom is -0.379 e. The number of rotatable bonds is 9. The van der Waals surface area contributed by atoms with Crippen molar-refractivity contribution in [1.29, 1.82) is 0 Å². The Balaban J connectivity index is 1.47. The van der Waals surface area contributed by atoms with Crippen molar-refractivity contribution in [3.05, 3.63) is 94.8 Å². The highest BCUT2D eigenvalue weighted by Crippen LogP contribution is 2.27. The van der Waals surface area contributed by atoms with Crippen molar-refractivity contribution in [2.45, 2.75) is 18.0 Å². The van der Waals surface area contributed by atoms with Gasteiger partial charge in [-0.3, -0.25) is 14.0 Å². The van der Waals surface area contributed by atoms with Crippen molar-refractivity contribution < 1.29 is 22.3 Å².